The molecule has 0 saturated carbocycles. The molecule has 1 heterocycles. The number of halogens is 1. The molecule has 2 aromatic carbocycles. The molecule has 28 heavy (non-hydrogen) atoms. The Morgan fingerprint density at radius 2 is 1.89 bits per heavy atom. The van der Waals surface area contributed by atoms with Crippen LogP contribution in [0.2, 0.25) is 5.02 Å². The van der Waals surface area contributed by atoms with Crippen LogP contribution in [-0.4, -0.2) is 23.6 Å². The molecule has 1 N–H and O–H groups in total. The summed E-state index contributed by atoms with van der Waals surface area (Å²) in [6, 6.07) is 13.0. The number of thiazole rings is 1. The maximum Gasteiger partial charge on any atom is 0.264 e. The van der Waals surface area contributed by atoms with E-state index in [9.17, 15) is 4.79 Å². The maximum atomic E-state index is 12.1. The number of nitrogens with zero attached hydrogens (tertiary/aromatic N) is 1. The van der Waals surface area contributed by atoms with Crippen LogP contribution in [0, 0.1) is 6.92 Å². The molecule has 0 fully saturated rings. The van der Waals surface area contributed by atoms with Crippen molar-refractivity contribution in [1.82, 2.24) is 4.98 Å². The van der Waals surface area contributed by atoms with Crippen LogP contribution in [-0.2, 0) is 4.79 Å². The van der Waals surface area contributed by atoms with Crippen LogP contribution >= 0.6 is 22.9 Å². The van der Waals surface area contributed by atoms with E-state index in [2.05, 4.69) is 10.3 Å². The molecule has 0 bridgehead atoms. The predicted molar refractivity (Wildman–Crippen MR) is 114 cm³/mol. The van der Waals surface area contributed by atoms with Crippen molar-refractivity contribution in [2.45, 2.75) is 26.9 Å². The molecular weight excluding hydrogens is 396 g/mol. The summed E-state index contributed by atoms with van der Waals surface area (Å²) in [6.07, 6.45) is 0.131. The zero-order chi connectivity index (χ0) is 20.1. The Morgan fingerprint density at radius 1 is 1.18 bits per heavy atom. The average molecular weight is 417 g/mol. The van der Waals surface area contributed by atoms with Gasteiger partial charge in [0.2, 0.25) is 0 Å². The topological polar surface area (TPSA) is 60.5 Å². The van der Waals surface area contributed by atoms with E-state index in [0.717, 1.165) is 22.6 Å². The zero-order valence-electron chi connectivity index (χ0n) is 15.9. The monoisotopic (exact) mass is 416 g/mol. The normalized spacial score (nSPS) is 10.8. The van der Waals surface area contributed by atoms with Crippen molar-refractivity contribution in [1.29, 1.82) is 0 Å². The van der Waals surface area contributed by atoms with E-state index in [1.807, 2.05) is 50.4 Å². The number of hydrogen-bond acceptors (Lipinski definition) is 5. The first-order chi connectivity index (χ1) is 13.4. The first kappa shape index (κ1) is 20.2. The van der Waals surface area contributed by atoms with Gasteiger partial charge >= 0.3 is 0 Å². The highest BCUT2D eigenvalue weighted by molar-refractivity contribution is 7.14. The number of aryl methyl sites for hydroxylation is 1. The quantitative estimate of drug-likeness (QED) is 0.546. The third-order valence-corrected chi connectivity index (χ3v) is 4.95. The van der Waals surface area contributed by atoms with Crippen molar-refractivity contribution in [3.8, 4) is 22.8 Å². The lowest BCUT2D eigenvalue weighted by Gasteiger charge is -2.09. The highest BCUT2D eigenvalue weighted by Gasteiger charge is 2.10. The summed E-state index contributed by atoms with van der Waals surface area (Å²) in [5.41, 5.74) is 2.65. The lowest BCUT2D eigenvalue weighted by molar-refractivity contribution is -0.118. The van der Waals surface area contributed by atoms with E-state index in [1.54, 1.807) is 18.2 Å². The summed E-state index contributed by atoms with van der Waals surface area (Å²) in [5, 5.41) is 5.85. The number of nitrogens with one attached hydrogen (secondary N) is 1. The molecule has 5 nitrogen and oxygen atoms in total. The van der Waals surface area contributed by atoms with E-state index in [1.165, 1.54) is 11.3 Å². The summed E-state index contributed by atoms with van der Waals surface area (Å²) in [7, 11) is 0. The SMILES string of the molecule is Cc1cc(OCC(=O)Nc2nc(-c3ccc(OC(C)C)cc3)cs2)ccc1Cl. The molecule has 0 spiro atoms. The Labute approximate surface area is 173 Å². The third kappa shape index (κ3) is 5.47. The van der Waals surface area contributed by atoms with Crippen LogP contribution in [0.3, 0.4) is 0 Å². The smallest absolute Gasteiger partial charge is 0.264 e. The Balaban J connectivity index is 1.56. The summed E-state index contributed by atoms with van der Waals surface area (Å²) in [6.45, 7) is 5.76. The van der Waals surface area contributed by atoms with Gasteiger partial charge in [0.1, 0.15) is 11.5 Å². The number of ether oxygens (including phenoxy) is 2. The minimum atomic E-state index is -0.269. The van der Waals surface area contributed by atoms with Crippen LogP contribution in [0.1, 0.15) is 19.4 Å². The molecule has 1 amide bonds. The van der Waals surface area contributed by atoms with Gasteiger partial charge in [-0.2, -0.15) is 0 Å². The van der Waals surface area contributed by atoms with Crippen molar-refractivity contribution >= 4 is 34.0 Å². The Morgan fingerprint density at radius 3 is 2.57 bits per heavy atom. The largest absolute Gasteiger partial charge is 0.491 e. The third-order valence-electron chi connectivity index (χ3n) is 3.77. The van der Waals surface area contributed by atoms with Crippen LogP contribution in [0.25, 0.3) is 11.3 Å². The Kier molecular flexibility index (Phi) is 6.54. The van der Waals surface area contributed by atoms with Crippen molar-refractivity contribution in [3.05, 3.63) is 58.4 Å². The molecule has 7 heteroatoms. The van der Waals surface area contributed by atoms with Gasteiger partial charge in [-0.3, -0.25) is 10.1 Å². The fourth-order valence-electron chi connectivity index (χ4n) is 2.45. The molecule has 146 valence electrons. The van der Waals surface area contributed by atoms with Gasteiger partial charge in [0, 0.05) is 16.0 Å². The first-order valence-electron chi connectivity index (χ1n) is 8.82. The summed E-state index contributed by atoms with van der Waals surface area (Å²) in [5.74, 6) is 1.15. The van der Waals surface area contributed by atoms with Crippen LogP contribution in [0.4, 0.5) is 5.13 Å². The summed E-state index contributed by atoms with van der Waals surface area (Å²) < 4.78 is 11.1. The van der Waals surface area contributed by atoms with Gasteiger partial charge in [-0.05, 0) is 68.8 Å². The highest BCUT2D eigenvalue weighted by atomic mass is 35.5. The van der Waals surface area contributed by atoms with Crippen LogP contribution in [0.15, 0.2) is 47.8 Å². The van der Waals surface area contributed by atoms with Gasteiger partial charge in [-0.15, -0.1) is 11.3 Å². The second-order valence-corrected chi connectivity index (χ2v) is 7.74. The summed E-state index contributed by atoms with van der Waals surface area (Å²) >= 11 is 7.35. The zero-order valence-corrected chi connectivity index (χ0v) is 17.4. The van der Waals surface area contributed by atoms with Crippen molar-refractivity contribution in [3.63, 3.8) is 0 Å². The minimum Gasteiger partial charge on any atom is -0.491 e. The number of amides is 1. The highest BCUT2D eigenvalue weighted by Crippen LogP contribution is 2.27. The molecule has 0 unspecified atom stereocenters. The van der Waals surface area contributed by atoms with Gasteiger partial charge in [0.25, 0.3) is 5.91 Å². The maximum absolute atomic E-state index is 12.1. The molecular formula is C21H21ClN2O3S. The van der Waals surface area contributed by atoms with Gasteiger partial charge in [0.15, 0.2) is 11.7 Å². The molecule has 3 aromatic rings. The molecule has 1 aromatic heterocycles. The molecule has 3 rings (SSSR count). The number of carbonyl (C=O) groups excluding carboxylic acids is 1. The predicted octanol–water partition coefficient (Wildman–Crippen LogP) is 5.58. The Bertz CT molecular complexity index is 955. The second kappa shape index (κ2) is 9.08. The van der Waals surface area contributed by atoms with Crippen molar-refractivity contribution in [2.24, 2.45) is 0 Å². The van der Waals surface area contributed by atoms with Crippen LogP contribution in [0.5, 0.6) is 11.5 Å². The number of carbonyl (C=O) groups is 1. The Hall–Kier alpha value is -2.57. The molecule has 0 radical (unpaired) electrons. The fraction of sp³-hybridized carbons (Fsp3) is 0.238. The van der Waals surface area contributed by atoms with E-state index < -0.39 is 0 Å². The van der Waals surface area contributed by atoms with E-state index in [-0.39, 0.29) is 18.6 Å². The molecule has 0 saturated heterocycles. The van der Waals surface area contributed by atoms with Gasteiger partial charge in [-0.1, -0.05) is 11.6 Å². The second-order valence-electron chi connectivity index (χ2n) is 6.48. The fourth-order valence-corrected chi connectivity index (χ4v) is 3.30. The van der Waals surface area contributed by atoms with Crippen molar-refractivity contribution < 1.29 is 14.3 Å². The number of hydrogen-bond donors (Lipinski definition) is 1. The van der Waals surface area contributed by atoms with E-state index in [0.29, 0.717) is 15.9 Å². The molecule has 0 aliphatic carbocycles. The lowest BCUT2D eigenvalue weighted by atomic mass is 10.2. The molecule has 0 aliphatic rings. The molecule has 0 aliphatic heterocycles. The average Bonchev–Trinajstić information content (AvgIpc) is 3.11. The van der Waals surface area contributed by atoms with Gasteiger partial charge in [-0.25, -0.2) is 4.98 Å². The minimum absolute atomic E-state index is 0.1000. The summed E-state index contributed by atoms with van der Waals surface area (Å²) in [4.78, 5) is 16.6. The van der Waals surface area contributed by atoms with Gasteiger partial charge < -0.3 is 9.47 Å². The van der Waals surface area contributed by atoms with Gasteiger partial charge in [0.05, 0.1) is 11.8 Å². The number of anilines is 1. The van der Waals surface area contributed by atoms with Crippen molar-refractivity contribution in [2.75, 3.05) is 11.9 Å². The number of benzene rings is 2. The van der Waals surface area contributed by atoms with E-state index >= 15 is 0 Å². The standard InChI is InChI=1S/C21H21ClN2O3S/c1-13(2)27-16-6-4-15(5-7-16)19-12-28-21(23-19)24-20(25)11-26-17-8-9-18(22)14(3)10-17/h4-10,12-13H,11H2,1-3H3,(H,23,24,25). The number of rotatable bonds is 7. The lowest BCUT2D eigenvalue weighted by Crippen LogP contribution is -2.20. The van der Waals surface area contributed by atoms with E-state index in [4.69, 9.17) is 21.1 Å². The first-order valence-corrected chi connectivity index (χ1v) is 10.1. The number of aromatic nitrogens is 1. The van der Waals surface area contributed by atoms with Crippen LogP contribution < -0.4 is 14.8 Å². The molecule has 0 atom stereocenters.